The van der Waals surface area contributed by atoms with Crippen LogP contribution in [0.3, 0.4) is 0 Å². The first-order valence-electron chi connectivity index (χ1n) is 7.96. The standard InChI is InChI=1S/C17H19Cl2N3O3S/c1-25-8-7-20-15(23)3-2-4-16(24)21-14-10-26-17(22-14)11-5-6-12(18)13(19)9-11/h5-6,9-10H,2-4,7-8H2,1H3,(H,20,23)(H,21,24). The number of halogens is 2. The molecule has 0 spiro atoms. The lowest BCUT2D eigenvalue weighted by Crippen LogP contribution is -2.26. The van der Waals surface area contributed by atoms with Crippen LogP contribution in [0.25, 0.3) is 10.6 Å². The van der Waals surface area contributed by atoms with Crippen LogP contribution in [0.4, 0.5) is 5.82 Å². The van der Waals surface area contributed by atoms with E-state index in [1.165, 1.54) is 11.3 Å². The molecule has 0 radical (unpaired) electrons. The number of anilines is 1. The van der Waals surface area contributed by atoms with E-state index in [4.69, 9.17) is 27.9 Å². The molecule has 2 rings (SSSR count). The Morgan fingerprint density at radius 3 is 2.69 bits per heavy atom. The molecule has 0 unspecified atom stereocenters. The quantitative estimate of drug-likeness (QED) is 0.606. The molecule has 1 aromatic carbocycles. The summed E-state index contributed by atoms with van der Waals surface area (Å²) in [6, 6.07) is 5.26. The number of ether oxygens (including phenoxy) is 1. The molecule has 6 nitrogen and oxygen atoms in total. The highest BCUT2D eigenvalue weighted by Gasteiger charge is 2.10. The van der Waals surface area contributed by atoms with E-state index in [2.05, 4.69) is 15.6 Å². The number of thiazole rings is 1. The Bertz CT molecular complexity index is 767. The third-order valence-electron chi connectivity index (χ3n) is 3.37. The van der Waals surface area contributed by atoms with Crippen LogP contribution in [-0.4, -0.2) is 37.1 Å². The maximum absolute atomic E-state index is 12.0. The second-order valence-corrected chi connectivity index (χ2v) is 7.08. The molecular weight excluding hydrogens is 397 g/mol. The van der Waals surface area contributed by atoms with E-state index in [1.807, 2.05) is 6.07 Å². The highest BCUT2D eigenvalue weighted by Crippen LogP contribution is 2.31. The van der Waals surface area contributed by atoms with Crippen molar-refractivity contribution in [3.63, 3.8) is 0 Å². The van der Waals surface area contributed by atoms with Gasteiger partial charge in [-0.05, 0) is 18.6 Å². The van der Waals surface area contributed by atoms with Crippen molar-refractivity contribution >= 4 is 52.2 Å². The highest BCUT2D eigenvalue weighted by atomic mass is 35.5. The van der Waals surface area contributed by atoms with Gasteiger partial charge < -0.3 is 15.4 Å². The van der Waals surface area contributed by atoms with Gasteiger partial charge in [-0.15, -0.1) is 11.3 Å². The maximum atomic E-state index is 12.0. The van der Waals surface area contributed by atoms with Crippen molar-refractivity contribution in [2.24, 2.45) is 0 Å². The third kappa shape index (κ3) is 6.57. The van der Waals surface area contributed by atoms with Gasteiger partial charge in [0, 0.05) is 37.4 Å². The molecule has 0 bridgehead atoms. The molecule has 0 saturated carbocycles. The van der Waals surface area contributed by atoms with E-state index in [0.717, 1.165) is 10.6 Å². The van der Waals surface area contributed by atoms with Gasteiger partial charge in [-0.25, -0.2) is 4.98 Å². The van der Waals surface area contributed by atoms with Gasteiger partial charge in [0.2, 0.25) is 11.8 Å². The fourth-order valence-electron chi connectivity index (χ4n) is 2.09. The van der Waals surface area contributed by atoms with Crippen LogP contribution in [0.15, 0.2) is 23.6 Å². The van der Waals surface area contributed by atoms with E-state index in [0.29, 0.717) is 41.9 Å². The SMILES string of the molecule is COCCNC(=O)CCCC(=O)Nc1csc(-c2ccc(Cl)c(Cl)c2)n1. The normalized spacial score (nSPS) is 10.6. The lowest BCUT2D eigenvalue weighted by molar-refractivity contribution is -0.121. The minimum atomic E-state index is -0.180. The van der Waals surface area contributed by atoms with Crippen LogP contribution in [0.2, 0.25) is 10.0 Å². The molecule has 26 heavy (non-hydrogen) atoms. The van der Waals surface area contributed by atoms with Crippen molar-refractivity contribution in [2.75, 3.05) is 25.6 Å². The van der Waals surface area contributed by atoms with Gasteiger partial charge in [0.1, 0.15) is 10.8 Å². The fourth-order valence-corrected chi connectivity index (χ4v) is 3.14. The Morgan fingerprint density at radius 1 is 1.19 bits per heavy atom. The number of nitrogens with one attached hydrogen (secondary N) is 2. The summed E-state index contributed by atoms with van der Waals surface area (Å²) in [5, 5.41) is 8.87. The first-order valence-corrected chi connectivity index (χ1v) is 9.59. The van der Waals surface area contributed by atoms with Crippen molar-refractivity contribution < 1.29 is 14.3 Å². The van der Waals surface area contributed by atoms with Gasteiger partial charge in [0.15, 0.2) is 0 Å². The molecule has 0 aliphatic rings. The molecule has 1 heterocycles. The van der Waals surface area contributed by atoms with Crippen molar-refractivity contribution in [1.82, 2.24) is 10.3 Å². The first kappa shape index (κ1) is 20.6. The first-order chi connectivity index (χ1) is 12.5. The zero-order chi connectivity index (χ0) is 18.9. The minimum absolute atomic E-state index is 0.0922. The summed E-state index contributed by atoms with van der Waals surface area (Å²) < 4.78 is 4.85. The average Bonchev–Trinajstić information content (AvgIpc) is 3.06. The molecule has 9 heteroatoms. The summed E-state index contributed by atoms with van der Waals surface area (Å²) in [6.07, 6.45) is 1.01. The van der Waals surface area contributed by atoms with Crippen molar-refractivity contribution in [2.45, 2.75) is 19.3 Å². The third-order valence-corrected chi connectivity index (χ3v) is 5.00. The number of hydrogen-bond acceptors (Lipinski definition) is 5. The van der Waals surface area contributed by atoms with E-state index >= 15 is 0 Å². The topological polar surface area (TPSA) is 80.3 Å². The molecular formula is C17H19Cl2N3O3S. The van der Waals surface area contributed by atoms with Crippen LogP contribution in [-0.2, 0) is 14.3 Å². The summed E-state index contributed by atoms with van der Waals surface area (Å²) in [7, 11) is 1.57. The molecule has 2 aromatic rings. The highest BCUT2D eigenvalue weighted by molar-refractivity contribution is 7.13. The molecule has 2 N–H and O–H groups in total. The monoisotopic (exact) mass is 415 g/mol. The number of carbonyl (C=O) groups is 2. The predicted octanol–water partition coefficient (Wildman–Crippen LogP) is 3.99. The Hall–Kier alpha value is -1.67. The van der Waals surface area contributed by atoms with Gasteiger partial charge in [0.05, 0.1) is 16.7 Å². The molecule has 0 fully saturated rings. The number of aromatic nitrogens is 1. The minimum Gasteiger partial charge on any atom is -0.383 e. The molecule has 0 saturated heterocycles. The Balaban J connectivity index is 1.78. The number of nitrogens with zero attached hydrogens (tertiary/aromatic N) is 1. The van der Waals surface area contributed by atoms with Crippen LogP contribution in [0, 0.1) is 0 Å². The predicted molar refractivity (Wildman–Crippen MR) is 105 cm³/mol. The van der Waals surface area contributed by atoms with Crippen molar-refractivity contribution in [3.8, 4) is 10.6 Å². The van der Waals surface area contributed by atoms with Crippen LogP contribution in [0.1, 0.15) is 19.3 Å². The maximum Gasteiger partial charge on any atom is 0.225 e. The Kier molecular flexibility index (Phi) is 8.31. The molecule has 140 valence electrons. The van der Waals surface area contributed by atoms with Crippen LogP contribution < -0.4 is 10.6 Å². The van der Waals surface area contributed by atoms with Gasteiger partial charge in [-0.3, -0.25) is 9.59 Å². The number of amides is 2. The van der Waals surface area contributed by atoms with Gasteiger partial charge in [0.25, 0.3) is 0 Å². The lowest BCUT2D eigenvalue weighted by atomic mass is 10.2. The second kappa shape index (κ2) is 10.5. The van der Waals surface area contributed by atoms with E-state index in [1.54, 1.807) is 24.6 Å². The van der Waals surface area contributed by atoms with Crippen LogP contribution in [0.5, 0.6) is 0 Å². The zero-order valence-corrected chi connectivity index (χ0v) is 16.5. The average molecular weight is 416 g/mol. The second-order valence-electron chi connectivity index (χ2n) is 5.41. The summed E-state index contributed by atoms with van der Waals surface area (Å²) in [6.45, 7) is 0.940. The summed E-state index contributed by atoms with van der Waals surface area (Å²) in [4.78, 5) is 27.9. The largest absolute Gasteiger partial charge is 0.383 e. The van der Waals surface area contributed by atoms with E-state index in [-0.39, 0.29) is 18.2 Å². The van der Waals surface area contributed by atoms with E-state index in [9.17, 15) is 9.59 Å². The fraction of sp³-hybridized carbons (Fsp3) is 0.353. The molecule has 0 aliphatic carbocycles. The lowest BCUT2D eigenvalue weighted by Gasteiger charge is -2.04. The summed E-state index contributed by atoms with van der Waals surface area (Å²) >= 11 is 13.3. The van der Waals surface area contributed by atoms with Crippen molar-refractivity contribution in [3.05, 3.63) is 33.6 Å². The number of benzene rings is 1. The Morgan fingerprint density at radius 2 is 1.96 bits per heavy atom. The van der Waals surface area contributed by atoms with Crippen LogP contribution >= 0.6 is 34.5 Å². The molecule has 0 aliphatic heterocycles. The van der Waals surface area contributed by atoms with Gasteiger partial charge in [-0.2, -0.15) is 0 Å². The number of methoxy groups -OCH3 is 1. The molecule has 0 atom stereocenters. The summed E-state index contributed by atoms with van der Waals surface area (Å²) in [5.74, 6) is 0.205. The molecule has 2 amide bonds. The number of rotatable bonds is 9. The van der Waals surface area contributed by atoms with Crippen molar-refractivity contribution in [1.29, 1.82) is 0 Å². The van der Waals surface area contributed by atoms with Gasteiger partial charge in [-0.1, -0.05) is 29.3 Å². The molecule has 1 aromatic heterocycles. The Labute approximate surface area is 165 Å². The zero-order valence-electron chi connectivity index (χ0n) is 14.2. The summed E-state index contributed by atoms with van der Waals surface area (Å²) in [5.41, 5.74) is 0.831. The smallest absolute Gasteiger partial charge is 0.225 e. The van der Waals surface area contributed by atoms with Gasteiger partial charge >= 0.3 is 0 Å². The van der Waals surface area contributed by atoms with E-state index < -0.39 is 0 Å². The number of hydrogen-bond donors (Lipinski definition) is 2. The number of carbonyl (C=O) groups excluding carboxylic acids is 2.